The van der Waals surface area contributed by atoms with E-state index in [1.807, 2.05) is 48.5 Å². The summed E-state index contributed by atoms with van der Waals surface area (Å²) in [5.41, 5.74) is 9.87. The molecule has 8 aromatic heterocycles. The van der Waals surface area contributed by atoms with Crippen LogP contribution in [0, 0.1) is 0 Å². The van der Waals surface area contributed by atoms with Crippen molar-refractivity contribution in [1.82, 2.24) is 59.8 Å². The molecule has 59 heavy (non-hydrogen) atoms. The Morgan fingerprint density at radius 3 is 0.729 bits per heavy atom. The molecule has 23 heteroatoms. The van der Waals surface area contributed by atoms with Gasteiger partial charge in [0.15, 0.2) is 0 Å². The van der Waals surface area contributed by atoms with Crippen LogP contribution >= 0.6 is 0 Å². The zero-order chi connectivity index (χ0) is 41.4. The molecule has 0 aliphatic heterocycles. The summed E-state index contributed by atoms with van der Waals surface area (Å²) in [5, 5.41) is 0. The Hall–Kier alpha value is -7.00. The average molecular weight is 857 g/mol. The molecule has 12 nitrogen and oxygen atoms in total. The Morgan fingerprint density at radius 1 is 0.288 bits per heavy atom. The van der Waals surface area contributed by atoms with E-state index in [0.29, 0.717) is 22.8 Å². The molecule has 1 radical (unpaired) electrons. The molecule has 0 amide bonds. The van der Waals surface area contributed by atoms with E-state index in [1.165, 1.54) is 0 Å². The van der Waals surface area contributed by atoms with Gasteiger partial charge in [-0.1, -0.05) is 0 Å². The summed E-state index contributed by atoms with van der Waals surface area (Å²) in [7, 11) is -12.0. The third-order valence-electron chi connectivity index (χ3n) is 6.98. The molecule has 8 rings (SSSR count). The van der Waals surface area contributed by atoms with Crippen LogP contribution < -0.4 is 0 Å². The minimum absolute atomic E-state index is 0. The molecule has 0 aromatic carbocycles. The summed E-state index contributed by atoms with van der Waals surface area (Å²) in [4.78, 5) is 51.4. The summed E-state index contributed by atoms with van der Waals surface area (Å²) < 4.78 is 78.0. The summed E-state index contributed by atoms with van der Waals surface area (Å²) >= 11 is 0. The van der Waals surface area contributed by atoms with Crippen molar-refractivity contribution in [2.75, 3.05) is 0 Å². The van der Waals surface area contributed by atoms with Gasteiger partial charge < -0.3 is 34.5 Å². The van der Waals surface area contributed by atoms with Crippen LogP contribution in [0.1, 0.15) is 0 Å². The quantitative estimate of drug-likeness (QED) is 0.116. The zero-order valence-corrected chi connectivity index (χ0v) is 30.8. The van der Waals surface area contributed by atoms with Crippen LogP contribution in [-0.2, 0) is 16.8 Å². The molecule has 0 atom stereocenters. The molecule has 8 aromatic rings. The topological polar surface area (TPSA) is 155 Å². The minimum atomic E-state index is -6.00. The standard InChI is InChI=1S/2C18H12N6.2BF4.Co/c2*1-3-19-4-2-13(1)14-9-15(17-11-20-5-7-22-17)24-16(10-14)18-12-21-6-8-23-18;2*2-1(3,4)5;/h2*1-12H;;;/q;;2*-1;+2. The van der Waals surface area contributed by atoms with E-state index in [4.69, 9.17) is 0 Å². The minimum Gasteiger partial charge on any atom is -0.418 e. The van der Waals surface area contributed by atoms with Gasteiger partial charge in [-0.2, -0.15) is 0 Å². The van der Waals surface area contributed by atoms with Crippen LogP contribution in [0.25, 0.3) is 67.8 Å². The number of aromatic nitrogens is 12. The van der Waals surface area contributed by atoms with Crippen molar-refractivity contribution in [3.05, 3.63) is 148 Å². The normalized spacial score (nSPS) is 10.6. The van der Waals surface area contributed by atoms with Gasteiger partial charge in [-0.25, -0.2) is 9.97 Å². The van der Waals surface area contributed by atoms with Crippen LogP contribution in [-0.4, -0.2) is 74.3 Å². The first kappa shape index (κ1) is 44.7. The number of hydrogen-bond donors (Lipinski definition) is 0. The van der Waals surface area contributed by atoms with Crippen molar-refractivity contribution in [3.8, 4) is 67.8 Å². The molecular formula is C36H24B2CoF8N12. The van der Waals surface area contributed by atoms with E-state index in [-0.39, 0.29) is 16.8 Å². The first-order valence-electron chi connectivity index (χ1n) is 16.5. The summed E-state index contributed by atoms with van der Waals surface area (Å²) in [6.45, 7) is 0. The maximum atomic E-state index is 9.75. The Morgan fingerprint density at radius 2 is 0.525 bits per heavy atom. The number of hydrogen-bond acceptors (Lipinski definition) is 12. The van der Waals surface area contributed by atoms with Crippen LogP contribution in [0.4, 0.5) is 34.5 Å². The van der Waals surface area contributed by atoms with E-state index >= 15 is 0 Å². The fourth-order valence-electron chi connectivity index (χ4n) is 4.73. The van der Waals surface area contributed by atoms with E-state index < -0.39 is 14.5 Å². The van der Waals surface area contributed by atoms with Gasteiger partial charge >= 0.3 is 31.3 Å². The smallest absolute Gasteiger partial charge is 0.418 e. The molecular weight excluding hydrogens is 833 g/mol. The van der Waals surface area contributed by atoms with E-state index in [0.717, 1.165) is 45.0 Å². The third-order valence-corrected chi connectivity index (χ3v) is 6.98. The van der Waals surface area contributed by atoms with Gasteiger partial charge in [-0.15, -0.1) is 0 Å². The molecule has 0 fully saturated rings. The Bertz CT molecular complexity index is 1990. The Balaban J connectivity index is 0.000000210. The van der Waals surface area contributed by atoms with Crippen LogP contribution in [0.15, 0.2) is 148 Å². The molecule has 0 N–H and O–H groups in total. The first-order valence-corrected chi connectivity index (χ1v) is 16.5. The molecule has 299 valence electrons. The molecule has 0 saturated heterocycles. The first-order chi connectivity index (χ1) is 27.8. The molecule has 8 heterocycles. The average Bonchev–Trinajstić information content (AvgIpc) is 3.24. The predicted molar refractivity (Wildman–Crippen MR) is 199 cm³/mol. The van der Waals surface area contributed by atoms with Crippen molar-refractivity contribution in [1.29, 1.82) is 0 Å². The largest absolute Gasteiger partial charge is 2.00 e. The van der Waals surface area contributed by atoms with Crippen LogP contribution in [0.5, 0.6) is 0 Å². The van der Waals surface area contributed by atoms with Crippen molar-refractivity contribution >= 4 is 14.5 Å². The van der Waals surface area contributed by atoms with Gasteiger partial charge in [0.2, 0.25) is 0 Å². The predicted octanol–water partition coefficient (Wildman–Crippen LogP) is 8.71. The molecule has 0 spiro atoms. The van der Waals surface area contributed by atoms with Crippen LogP contribution in [0.2, 0.25) is 0 Å². The van der Waals surface area contributed by atoms with Crippen molar-refractivity contribution in [3.63, 3.8) is 0 Å². The molecule has 0 unspecified atom stereocenters. The maximum Gasteiger partial charge on any atom is 2.00 e. The van der Waals surface area contributed by atoms with Crippen molar-refractivity contribution < 1.29 is 51.3 Å². The molecule has 0 saturated carbocycles. The molecule has 0 aliphatic rings. The number of halogens is 8. The number of pyridine rings is 4. The van der Waals surface area contributed by atoms with E-state index in [9.17, 15) is 34.5 Å². The fraction of sp³-hybridized carbons (Fsp3) is 0. The van der Waals surface area contributed by atoms with Gasteiger partial charge in [-0.05, 0) is 70.8 Å². The maximum absolute atomic E-state index is 9.75. The van der Waals surface area contributed by atoms with Crippen molar-refractivity contribution in [2.45, 2.75) is 0 Å². The van der Waals surface area contributed by atoms with Crippen LogP contribution in [0.3, 0.4) is 0 Å². The number of nitrogens with zero attached hydrogens (tertiary/aromatic N) is 12. The number of rotatable bonds is 6. The zero-order valence-electron chi connectivity index (χ0n) is 29.7. The SMILES string of the molecule is F[B-](F)(F)F.F[B-](F)(F)F.[Co+2].c1cc(-c2cc(-c3cnccn3)nc(-c3cnccn3)c2)ccn1.c1cc(-c2cc(-c3cnccn3)nc(-c3cnccn3)c2)ccn1. The molecule has 0 aliphatic carbocycles. The van der Waals surface area contributed by atoms with Gasteiger partial charge in [0, 0.05) is 74.4 Å². The van der Waals surface area contributed by atoms with Gasteiger partial charge in [-0.3, -0.25) is 49.8 Å². The Kier molecular flexibility index (Phi) is 16.3. The second-order valence-electron chi connectivity index (χ2n) is 11.1. The fourth-order valence-corrected chi connectivity index (χ4v) is 4.73. The van der Waals surface area contributed by atoms with Crippen molar-refractivity contribution in [2.24, 2.45) is 0 Å². The summed E-state index contributed by atoms with van der Waals surface area (Å²) in [5.74, 6) is 0. The second kappa shape index (κ2) is 21.5. The van der Waals surface area contributed by atoms with Gasteiger partial charge in [0.1, 0.15) is 22.8 Å². The van der Waals surface area contributed by atoms with Gasteiger partial charge in [0.05, 0.1) is 47.6 Å². The monoisotopic (exact) mass is 857 g/mol. The summed E-state index contributed by atoms with van der Waals surface area (Å²) in [6.07, 6.45) is 27.0. The second-order valence-corrected chi connectivity index (χ2v) is 11.1. The third kappa shape index (κ3) is 15.5. The van der Waals surface area contributed by atoms with E-state index in [1.54, 1.807) is 99.1 Å². The summed E-state index contributed by atoms with van der Waals surface area (Å²) in [6, 6.07) is 15.8. The molecule has 0 bridgehead atoms. The van der Waals surface area contributed by atoms with E-state index in [2.05, 4.69) is 59.8 Å². The van der Waals surface area contributed by atoms with Gasteiger partial charge in [0.25, 0.3) is 0 Å². The Labute approximate surface area is 340 Å².